The lowest BCUT2D eigenvalue weighted by atomic mass is 9.97. The molecule has 0 amide bonds. The van der Waals surface area contributed by atoms with Gasteiger partial charge >= 0.3 is 18.3 Å². The van der Waals surface area contributed by atoms with Gasteiger partial charge in [-0.3, -0.25) is 4.79 Å². The molecule has 0 N–H and O–H groups in total. The Bertz CT molecular complexity index is 509. The summed E-state index contributed by atoms with van der Waals surface area (Å²) >= 11 is 0. The first-order chi connectivity index (χ1) is 9.02. The van der Waals surface area contributed by atoms with E-state index in [9.17, 15) is 35.9 Å². The number of methoxy groups -OCH3 is 1. The third-order valence-corrected chi connectivity index (χ3v) is 2.33. The van der Waals surface area contributed by atoms with Gasteiger partial charge in [-0.15, -0.1) is 0 Å². The Labute approximate surface area is 108 Å². The van der Waals surface area contributed by atoms with Crippen LogP contribution in [0, 0.1) is 0 Å². The van der Waals surface area contributed by atoms with E-state index in [0.717, 1.165) is 7.11 Å². The highest BCUT2D eigenvalue weighted by molar-refractivity contribution is 5.92. The van der Waals surface area contributed by atoms with E-state index in [1.54, 1.807) is 0 Å². The molecule has 0 spiro atoms. The summed E-state index contributed by atoms with van der Waals surface area (Å²) in [4.78, 5) is 21.7. The first kappa shape index (κ1) is 16.0. The Morgan fingerprint density at radius 3 is 1.70 bits per heavy atom. The maximum atomic E-state index is 12.7. The maximum Gasteiger partial charge on any atom is 0.417 e. The molecule has 0 aliphatic rings. The number of benzene rings is 1. The van der Waals surface area contributed by atoms with E-state index >= 15 is 0 Å². The lowest BCUT2D eigenvalue weighted by Gasteiger charge is -2.16. The number of rotatable bonds is 2. The largest absolute Gasteiger partial charge is 0.465 e. The SMILES string of the molecule is COC(=O)c1cc(C(F)(F)F)c(C=O)c(C(F)(F)F)c1. The molecule has 0 fully saturated rings. The molecule has 3 nitrogen and oxygen atoms in total. The second-order valence-electron chi connectivity index (χ2n) is 3.59. The molecular weight excluding hydrogens is 294 g/mol. The van der Waals surface area contributed by atoms with Crippen molar-refractivity contribution in [1.29, 1.82) is 0 Å². The van der Waals surface area contributed by atoms with E-state index in [2.05, 4.69) is 4.74 Å². The van der Waals surface area contributed by atoms with Gasteiger partial charge in [0, 0.05) is 5.56 Å². The fraction of sp³-hybridized carbons (Fsp3) is 0.273. The molecule has 0 saturated heterocycles. The van der Waals surface area contributed by atoms with E-state index < -0.39 is 46.9 Å². The number of aldehydes is 1. The smallest absolute Gasteiger partial charge is 0.417 e. The Morgan fingerprint density at radius 1 is 1.05 bits per heavy atom. The second kappa shape index (κ2) is 5.14. The Hall–Kier alpha value is -2.06. The van der Waals surface area contributed by atoms with Crippen molar-refractivity contribution < 1.29 is 40.7 Å². The lowest BCUT2D eigenvalue weighted by Crippen LogP contribution is -2.18. The molecule has 0 heterocycles. The molecular formula is C11H6F6O3. The molecule has 110 valence electrons. The van der Waals surface area contributed by atoms with Crippen molar-refractivity contribution in [2.45, 2.75) is 12.4 Å². The van der Waals surface area contributed by atoms with Crippen molar-refractivity contribution in [2.24, 2.45) is 0 Å². The third kappa shape index (κ3) is 3.09. The quantitative estimate of drug-likeness (QED) is 0.478. The summed E-state index contributed by atoms with van der Waals surface area (Å²) in [6.07, 6.45) is -11.0. The fourth-order valence-corrected chi connectivity index (χ4v) is 1.48. The summed E-state index contributed by atoms with van der Waals surface area (Å²) in [6, 6.07) is 0.287. The minimum Gasteiger partial charge on any atom is -0.465 e. The third-order valence-electron chi connectivity index (χ3n) is 2.33. The highest BCUT2D eigenvalue weighted by Crippen LogP contribution is 2.39. The van der Waals surface area contributed by atoms with Crippen LogP contribution in [0.25, 0.3) is 0 Å². The summed E-state index contributed by atoms with van der Waals surface area (Å²) in [6.45, 7) is 0. The molecule has 1 aromatic rings. The van der Waals surface area contributed by atoms with Gasteiger partial charge < -0.3 is 4.74 Å². The summed E-state index contributed by atoms with van der Waals surface area (Å²) in [7, 11) is 0.802. The van der Waals surface area contributed by atoms with Gasteiger partial charge in [0.25, 0.3) is 0 Å². The molecule has 0 atom stereocenters. The molecule has 0 bridgehead atoms. The monoisotopic (exact) mass is 300 g/mol. The molecule has 1 rings (SSSR count). The number of halogens is 6. The predicted molar refractivity (Wildman–Crippen MR) is 53.2 cm³/mol. The Balaban J connectivity index is 3.74. The highest BCUT2D eigenvalue weighted by atomic mass is 19.4. The molecule has 0 saturated carbocycles. The van der Waals surface area contributed by atoms with Crippen LogP contribution in [0.1, 0.15) is 31.8 Å². The zero-order valence-corrected chi connectivity index (χ0v) is 9.72. The number of ether oxygens (including phenoxy) is 1. The van der Waals surface area contributed by atoms with Gasteiger partial charge in [-0.05, 0) is 12.1 Å². The van der Waals surface area contributed by atoms with Crippen LogP contribution in [0.2, 0.25) is 0 Å². The molecule has 0 aliphatic heterocycles. The van der Waals surface area contributed by atoms with E-state index in [-0.39, 0.29) is 12.1 Å². The van der Waals surface area contributed by atoms with Crippen molar-refractivity contribution in [3.8, 4) is 0 Å². The number of carbonyl (C=O) groups excluding carboxylic acids is 2. The average Bonchev–Trinajstić information content (AvgIpc) is 2.33. The number of hydrogen-bond acceptors (Lipinski definition) is 3. The summed E-state index contributed by atoms with van der Waals surface area (Å²) in [5, 5.41) is 0. The van der Waals surface area contributed by atoms with Crippen LogP contribution in [0.3, 0.4) is 0 Å². The Kier molecular flexibility index (Phi) is 4.11. The van der Waals surface area contributed by atoms with Crippen LogP contribution in [0.4, 0.5) is 26.3 Å². The van der Waals surface area contributed by atoms with Crippen LogP contribution < -0.4 is 0 Å². The minimum absolute atomic E-state index is 0.144. The summed E-state index contributed by atoms with van der Waals surface area (Å²) in [5.74, 6) is -1.38. The van der Waals surface area contributed by atoms with Crippen molar-refractivity contribution in [1.82, 2.24) is 0 Å². The lowest BCUT2D eigenvalue weighted by molar-refractivity contribution is -0.143. The van der Waals surface area contributed by atoms with E-state index in [1.165, 1.54) is 0 Å². The molecule has 20 heavy (non-hydrogen) atoms. The van der Waals surface area contributed by atoms with Gasteiger partial charge in [0.2, 0.25) is 0 Å². The molecule has 0 aromatic heterocycles. The normalized spacial score (nSPS) is 12.2. The van der Waals surface area contributed by atoms with Crippen molar-refractivity contribution in [2.75, 3.05) is 7.11 Å². The van der Waals surface area contributed by atoms with Crippen molar-refractivity contribution in [3.63, 3.8) is 0 Å². The molecule has 0 unspecified atom stereocenters. The molecule has 1 aromatic carbocycles. The molecule has 9 heteroatoms. The summed E-state index contributed by atoms with van der Waals surface area (Å²) < 4.78 is 80.1. The number of hydrogen-bond donors (Lipinski definition) is 0. The van der Waals surface area contributed by atoms with Gasteiger partial charge in [-0.2, -0.15) is 26.3 Å². The molecule has 0 aliphatic carbocycles. The highest BCUT2D eigenvalue weighted by Gasteiger charge is 2.41. The van der Waals surface area contributed by atoms with Gasteiger partial charge in [0.05, 0.1) is 23.8 Å². The van der Waals surface area contributed by atoms with E-state index in [4.69, 9.17) is 0 Å². The summed E-state index contributed by atoms with van der Waals surface area (Å²) in [5.41, 5.74) is -6.21. The van der Waals surface area contributed by atoms with Crippen LogP contribution in [0.5, 0.6) is 0 Å². The first-order valence-corrected chi connectivity index (χ1v) is 4.88. The zero-order chi connectivity index (χ0) is 15.7. The first-order valence-electron chi connectivity index (χ1n) is 4.88. The fourth-order valence-electron chi connectivity index (χ4n) is 1.48. The maximum absolute atomic E-state index is 12.7. The van der Waals surface area contributed by atoms with Gasteiger partial charge in [0.15, 0.2) is 6.29 Å². The van der Waals surface area contributed by atoms with Crippen LogP contribution in [-0.2, 0) is 17.1 Å². The number of alkyl halides is 6. The van der Waals surface area contributed by atoms with Crippen LogP contribution in [0.15, 0.2) is 12.1 Å². The average molecular weight is 300 g/mol. The van der Waals surface area contributed by atoms with E-state index in [0.29, 0.717) is 0 Å². The van der Waals surface area contributed by atoms with Crippen LogP contribution in [-0.4, -0.2) is 19.4 Å². The van der Waals surface area contributed by atoms with Gasteiger partial charge in [0.1, 0.15) is 0 Å². The van der Waals surface area contributed by atoms with E-state index in [1.807, 2.05) is 0 Å². The van der Waals surface area contributed by atoms with Crippen molar-refractivity contribution >= 4 is 12.3 Å². The zero-order valence-electron chi connectivity index (χ0n) is 9.72. The number of esters is 1. The van der Waals surface area contributed by atoms with Gasteiger partial charge in [-0.25, -0.2) is 4.79 Å². The van der Waals surface area contributed by atoms with Crippen LogP contribution >= 0.6 is 0 Å². The van der Waals surface area contributed by atoms with Gasteiger partial charge in [-0.1, -0.05) is 0 Å². The Morgan fingerprint density at radius 2 is 1.45 bits per heavy atom. The minimum atomic E-state index is -5.22. The number of carbonyl (C=O) groups is 2. The topological polar surface area (TPSA) is 43.4 Å². The predicted octanol–water partition coefficient (Wildman–Crippen LogP) is 3.32. The molecule has 0 radical (unpaired) electrons. The van der Waals surface area contributed by atoms with Crippen molar-refractivity contribution in [3.05, 3.63) is 34.4 Å². The standard InChI is InChI=1S/C11H6F6O3/c1-20-9(19)5-2-7(10(12,13)14)6(4-18)8(3-5)11(15,16)17/h2-4H,1H3. The second-order valence-corrected chi connectivity index (χ2v) is 3.59.